The lowest BCUT2D eigenvalue weighted by Gasteiger charge is -2.02. The van der Waals surface area contributed by atoms with Crippen molar-refractivity contribution in [2.24, 2.45) is 0 Å². The highest BCUT2D eigenvalue weighted by Crippen LogP contribution is 2.18. The SMILES string of the molecule is CCc1cccc2ccccc12.c1ccc2ccccc2c1. The van der Waals surface area contributed by atoms with E-state index in [9.17, 15) is 0 Å². The molecular formula is C22H20. The van der Waals surface area contributed by atoms with Gasteiger partial charge >= 0.3 is 0 Å². The van der Waals surface area contributed by atoms with Gasteiger partial charge in [-0.3, -0.25) is 0 Å². The average molecular weight is 284 g/mol. The van der Waals surface area contributed by atoms with Gasteiger partial charge in [0.25, 0.3) is 0 Å². The molecule has 108 valence electrons. The van der Waals surface area contributed by atoms with E-state index in [1.54, 1.807) is 0 Å². The highest BCUT2D eigenvalue weighted by atomic mass is 14.0. The van der Waals surface area contributed by atoms with Gasteiger partial charge in [-0.2, -0.15) is 0 Å². The van der Waals surface area contributed by atoms with Crippen LogP contribution in [0.1, 0.15) is 12.5 Å². The quantitative estimate of drug-likeness (QED) is 0.388. The van der Waals surface area contributed by atoms with E-state index in [1.807, 2.05) is 0 Å². The molecule has 4 aromatic rings. The van der Waals surface area contributed by atoms with Crippen molar-refractivity contribution in [1.29, 1.82) is 0 Å². The predicted octanol–water partition coefficient (Wildman–Crippen LogP) is 6.24. The Morgan fingerprint density at radius 2 is 0.955 bits per heavy atom. The Bertz CT molecular complexity index is 804. The Balaban J connectivity index is 0.000000133. The Hall–Kier alpha value is -2.60. The van der Waals surface area contributed by atoms with Gasteiger partial charge < -0.3 is 0 Å². The third-order valence-corrected chi connectivity index (χ3v) is 3.92. The van der Waals surface area contributed by atoms with Gasteiger partial charge in [0.1, 0.15) is 0 Å². The monoisotopic (exact) mass is 284 g/mol. The fourth-order valence-corrected chi connectivity index (χ4v) is 2.73. The summed E-state index contributed by atoms with van der Waals surface area (Å²) >= 11 is 0. The smallest absolute Gasteiger partial charge is 0.0152 e. The minimum absolute atomic E-state index is 1.11. The maximum absolute atomic E-state index is 2.20. The van der Waals surface area contributed by atoms with Crippen LogP contribution in [0.4, 0.5) is 0 Å². The van der Waals surface area contributed by atoms with E-state index in [1.165, 1.54) is 27.1 Å². The first-order chi connectivity index (χ1) is 10.9. The fraction of sp³-hybridized carbons (Fsp3) is 0.0909. The third kappa shape index (κ3) is 3.17. The molecule has 0 N–H and O–H groups in total. The molecule has 0 heterocycles. The molecule has 0 heteroatoms. The van der Waals surface area contributed by atoms with Gasteiger partial charge in [-0.1, -0.05) is 97.9 Å². The maximum Gasteiger partial charge on any atom is -0.0152 e. The van der Waals surface area contributed by atoms with E-state index in [4.69, 9.17) is 0 Å². The van der Waals surface area contributed by atoms with Crippen LogP contribution in [-0.4, -0.2) is 0 Å². The van der Waals surface area contributed by atoms with Crippen molar-refractivity contribution < 1.29 is 0 Å². The highest BCUT2D eigenvalue weighted by molar-refractivity contribution is 5.85. The summed E-state index contributed by atoms with van der Waals surface area (Å²) in [6, 6.07) is 31.7. The number of aryl methyl sites for hydroxylation is 1. The van der Waals surface area contributed by atoms with Crippen LogP contribution in [-0.2, 0) is 6.42 Å². The zero-order valence-corrected chi connectivity index (χ0v) is 12.9. The van der Waals surface area contributed by atoms with Crippen molar-refractivity contribution in [1.82, 2.24) is 0 Å². The van der Waals surface area contributed by atoms with Gasteiger partial charge in [0.05, 0.1) is 0 Å². The summed E-state index contributed by atoms with van der Waals surface area (Å²) < 4.78 is 0. The molecule has 4 rings (SSSR count). The molecule has 4 aromatic carbocycles. The lowest BCUT2D eigenvalue weighted by atomic mass is 10.0. The molecule has 0 aliphatic carbocycles. The lowest BCUT2D eigenvalue weighted by molar-refractivity contribution is 1.16. The molecule has 0 amide bonds. The molecule has 0 unspecified atom stereocenters. The van der Waals surface area contributed by atoms with Crippen LogP contribution in [0.3, 0.4) is 0 Å². The molecule has 0 aliphatic rings. The molecule has 0 bridgehead atoms. The highest BCUT2D eigenvalue weighted by Gasteiger charge is 1.95. The van der Waals surface area contributed by atoms with Crippen molar-refractivity contribution >= 4 is 21.5 Å². The predicted molar refractivity (Wildman–Crippen MR) is 97.3 cm³/mol. The largest absolute Gasteiger partial charge is 0.0616 e. The molecule has 22 heavy (non-hydrogen) atoms. The molecule has 0 aliphatic heterocycles. The molecule has 0 spiro atoms. The van der Waals surface area contributed by atoms with Gasteiger partial charge in [0.2, 0.25) is 0 Å². The number of benzene rings is 4. The average Bonchev–Trinajstić information content (AvgIpc) is 2.62. The lowest BCUT2D eigenvalue weighted by Crippen LogP contribution is -1.81. The Morgan fingerprint density at radius 3 is 1.50 bits per heavy atom. The van der Waals surface area contributed by atoms with Gasteiger partial charge in [0, 0.05) is 0 Å². The molecule has 0 radical (unpaired) electrons. The first-order valence-electron chi connectivity index (χ1n) is 7.79. The Kier molecular flexibility index (Phi) is 4.50. The molecule has 0 fully saturated rings. The molecule has 0 aromatic heterocycles. The Labute approximate surface area is 132 Å². The van der Waals surface area contributed by atoms with E-state index in [-0.39, 0.29) is 0 Å². The van der Waals surface area contributed by atoms with Crippen molar-refractivity contribution in [3.05, 3.63) is 96.6 Å². The number of fused-ring (bicyclic) bond motifs is 2. The second-order valence-electron chi connectivity index (χ2n) is 5.34. The zero-order valence-electron chi connectivity index (χ0n) is 12.9. The molecule has 0 saturated heterocycles. The van der Waals surface area contributed by atoms with Gasteiger partial charge in [0.15, 0.2) is 0 Å². The van der Waals surface area contributed by atoms with Gasteiger partial charge in [-0.15, -0.1) is 0 Å². The number of hydrogen-bond donors (Lipinski definition) is 0. The molecular weight excluding hydrogens is 264 g/mol. The summed E-state index contributed by atoms with van der Waals surface area (Å²) in [5.41, 5.74) is 1.44. The third-order valence-electron chi connectivity index (χ3n) is 3.92. The normalized spacial score (nSPS) is 10.2. The van der Waals surface area contributed by atoms with E-state index in [0.29, 0.717) is 0 Å². The van der Waals surface area contributed by atoms with Gasteiger partial charge in [-0.25, -0.2) is 0 Å². The van der Waals surface area contributed by atoms with Crippen LogP contribution >= 0.6 is 0 Å². The second kappa shape index (κ2) is 6.91. The summed E-state index contributed by atoms with van der Waals surface area (Å²) in [6.45, 7) is 2.20. The number of hydrogen-bond acceptors (Lipinski definition) is 0. The summed E-state index contributed by atoms with van der Waals surface area (Å²) in [5, 5.41) is 5.36. The summed E-state index contributed by atoms with van der Waals surface area (Å²) in [7, 11) is 0. The minimum Gasteiger partial charge on any atom is -0.0616 e. The minimum atomic E-state index is 1.11. The maximum atomic E-state index is 2.20. The van der Waals surface area contributed by atoms with Crippen LogP contribution in [0, 0.1) is 0 Å². The van der Waals surface area contributed by atoms with Crippen LogP contribution in [0.2, 0.25) is 0 Å². The van der Waals surface area contributed by atoms with Crippen molar-refractivity contribution in [3.8, 4) is 0 Å². The number of rotatable bonds is 1. The topological polar surface area (TPSA) is 0 Å². The van der Waals surface area contributed by atoms with Gasteiger partial charge in [-0.05, 0) is 33.5 Å². The van der Waals surface area contributed by atoms with Crippen molar-refractivity contribution in [2.75, 3.05) is 0 Å². The Morgan fingerprint density at radius 1 is 0.500 bits per heavy atom. The molecule has 0 atom stereocenters. The first kappa shape index (κ1) is 14.3. The fourth-order valence-electron chi connectivity index (χ4n) is 2.73. The molecule has 0 saturated carbocycles. The second-order valence-corrected chi connectivity index (χ2v) is 5.34. The summed E-state index contributed by atoms with van der Waals surface area (Å²) in [6.07, 6.45) is 1.11. The molecule has 0 nitrogen and oxygen atoms in total. The van der Waals surface area contributed by atoms with Crippen LogP contribution in [0.25, 0.3) is 21.5 Å². The first-order valence-corrected chi connectivity index (χ1v) is 7.79. The van der Waals surface area contributed by atoms with Crippen LogP contribution in [0.15, 0.2) is 91.0 Å². The van der Waals surface area contributed by atoms with Crippen molar-refractivity contribution in [3.63, 3.8) is 0 Å². The van der Waals surface area contributed by atoms with E-state index >= 15 is 0 Å². The summed E-state index contributed by atoms with van der Waals surface area (Å²) in [4.78, 5) is 0. The van der Waals surface area contributed by atoms with E-state index in [0.717, 1.165) is 6.42 Å². The van der Waals surface area contributed by atoms with Crippen LogP contribution < -0.4 is 0 Å². The van der Waals surface area contributed by atoms with Crippen molar-refractivity contribution in [2.45, 2.75) is 13.3 Å². The zero-order chi connectivity index (χ0) is 15.2. The van der Waals surface area contributed by atoms with Crippen LogP contribution in [0.5, 0.6) is 0 Å². The summed E-state index contributed by atoms with van der Waals surface area (Å²) in [5.74, 6) is 0. The standard InChI is InChI=1S/C12H12.C10H8/c1-2-10-7-5-8-11-6-3-4-9-12(10)11;1-2-6-10-8-4-3-7-9(10)5-1/h3-9H,2H2,1H3;1-8H. The van der Waals surface area contributed by atoms with E-state index < -0.39 is 0 Å². The van der Waals surface area contributed by atoms with E-state index in [2.05, 4.69) is 97.9 Å².